The summed E-state index contributed by atoms with van der Waals surface area (Å²) in [6, 6.07) is 20.9. The van der Waals surface area contributed by atoms with Gasteiger partial charge in [-0.2, -0.15) is 0 Å². The van der Waals surface area contributed by atoms with Gasteiger partial charge < -0.3 is 31.3 Å². The van der Waals surface area contributed by atoms with Gasteiger partial charge in [0.2, 0.25) is 5.91 Å². The molecule has 9 nitrogen and oxygen atoms in total. The number of hydrogen-bond donors (Lipinski definition) is 4. The van der Waals surface area contributed by atoms with Crippen LogP contribution in [0.5, 0.6) is 5.75 Å². The normalized spacial score (nSPS) is 15.1. The first kappa shape index (κ1) is 29.0. The Hall–Kier alpha value is -4.02. The molecule has 3 aromatic rings. The van der Waals surface area contributed by atoms with E-state index in [1.165, 1.54) is 11.8 Å². The van der Waals surface area contributed by atoms with Crippen LogP contribution in [0.3, 0.4) is 0 Å². The number of hydrogen-bond acceptors (Lipinski definition) is 6. The molecule has 0 radical (unpaired) electrons. The Morgan fingerprint density at radius 3 is 2.50 bits per heavy atom. The number of para-hydroxylation sites is 1. The number of ether oxygens (including phenoxy) is 1. The van der Waals surface area contributed by atoms with Crippen molar-refractivity contribution >= 4 is 35.3 Å². The van der Waals surface area contributed by atoms with Crippen LogP contribution in [0.15, 0.2) is 71.6 Å². The number of fused-ring (bicyclic) bond motifs is 1. The van der Waals surface area contributed by atoms with Crippen molar-refractivity contribution in [3.8, 4) is 16.9 Å². The summed E-state index contributed by atoms with van der Waals surface area (Å²) >= 11 is 1.31. The zero-order valence-corrected chi connectivity index (χ0v) is 23.9. The molecule has 0 unspecified atom stereocenters. The monoisotopic (exact) mass is 561 g/mol. The lowest BCUT2D eigenvalue weighted by Crippen LogP contribution is -2.47. The number of carbonyl (C=O) groups excluding carboxylic acids is 3. The minimum Gasteiger partial charge on any atom is -0.497 e. The van der Waals surface area contributed by atoms with E-state index in [-0.39, 0.29) is 24.3 Å². The van der Waals surface area contributed by atoms with Gasteiger partial charge in [0.25, 0.3) is 5.91 Å². The van der Waals surface area contributed by atoms with E-state index in [4.69, 9.17) is 10.5 Å². The van der Waals surface area contributed by atoms with Gasteiger partial charge in [-0.05, 0) is 48.7 Å². The molecule has 0 saturated carbocycles. The minimum atomic E-state index is -0.801. The summed E-state index contributed by atoms with van der Waals surface area (Å²) in [4.78, 5) is 41.0. The van der Waals surface area contributed by atoms with Gasteiger partial charge >= 0.3 is 6.03 Å². The second kappa shape index (κ2) is 12.4. The fourth-order valence-electron chi connectivity index (χ4n) is 4.40. The van der Waals surface area contributed by atoms with E-state index in [1.54, 1.807) is 32.9 Å². The Balaban J connectivity index is 1.58. The number of carbonyl (C=O) groups is 3. The summed E-state index contributed by atoms with van der Waals surface area (Å²) in [7, 11) is 3.17. The SMILES string of the molecule is CNC(=O)Nc1ccccc1-c1ccc(CN2Cc3ccc(OC)cc3S[C@@H](NC(=O)CC(C)(C)N)C2=O)cc1. The fourth-order valence-corrected chi connectivity index (χ4v) is 5.57. The third-order valence-electron chi connectivity index (χ3n) is 6.37. The smallest absolute Gasteiger partial charge is 0.318 e. The van der Waals surface area contributed by atoms with Crippen molar-refractivity contribution in [2.24, 2.45) is 5.73 Å². The predicted octanol–water partition coefficient (Wildman–Crippen LogP) is 4.32. The van der Waals surface area contributed by atoms with Gasteiger partial charge in [0, 0.05) is 42.6 Å². The third kappa shape index (κ3) is 7.34. The molecule has 1 atom stereocenters. The molecule has 1 aliphatic rings. The topological polar surface area (TPSA) is 126 Å². The van der Waals surface area contributed by atoms with Crippen LogP contribution >= 0.6 is 11.8 Å². The quantitative estimate of drug-likeness (QED) is 0.325. The standard InChI is InChI=1S/C30H35N5O4S/c1-30(2,31)16-26(36)34-27-28(37)35(18-21-13-14-22(39-4)15-25(21)40-27)17-19-9-11-20(12-10-19)23-7-5-6-8-24(23)33-29(38)32-3/h5-15,27H,16-18,31H2,1-4H3,(H,34,36)(H2,32,33,38)/t27-/m1/s1. The molecule has 40 heavy (non-hydrogen) atoms. The van der Waals surface area contributed by atoms with Crippen molar-refractivity contribution in [1.29, 1.82) is 0 Å². The molecule has 0 bridgehead atoms. The number of nitrogens with zero attached hydrogens (tertiary/aromatic N) is 1. The van der Waals surface area contributed by atoms with Crippen molar-refractivity contribution < 1.29 is 19.1 Å². The Morgan fingerprint density at radius 1 is 1.10 bits per heavy atom. The minimum absolute atomic E-state index is 0.0972. The number of rotatable bonds is 8. The molecule has 0 spiro atoms. The number of benzene rings is 3. The summed E-state index contributed by atoms with van der Waals surface area (Å²) in [5.41, 5.74) is 9.76. The summed E-state index contributed by atoms with van der Waals surface area (Å²) < 4.78 is 5.39. The highest BCUT2D eigenvalue weighted by molar-refractivity contribution is 8.00. The van der Waals surface area contributed by atoms with Gasteiger partial charge in [0.1, 0.15) is 5.75 Å². The summed E-state index contributed by atoms with van der Waals surface area (Å²) in [6.45, 7) is 4.30. The van der Waals surface area contributed by atoms with Crippen molar-refractivity contribution in [3.05, 3.63) is 77.9 Å². The molecule has 1 heterocycles. The lowest BCUT2D eigenvalue weighted by atomic mass is 10.0. The lowest BCUT2D eigenvalue weighted by Gasteiger charge is -2.26. The van der Waals surface area contributed by atoms with Crippen LogP contribution in [0.1, 0.15) is 31.4 Å². The lowest BCUT2D eigenvalue weighted by molar-refractivity contribution is -0.135. The number of thioether (sulfide) groups is 1. The Bertz CT molecular complexity index is 1390. The molecule has 0 fully saturated rings. The van der Waals surface area contributed by atoms with E-state index in [2.05, 4.69) is 16.0 Å². The average molecular weight is 562 g/mol. The van der Waals surface area contributed by atoms with Crippen LogP contribution in [0.25, 0.3) is 11.1 Å². The predicted molar refractivity (Wildman–Crippen MR) is 158 cm³/mol. The van der Waals surface area contributed by atoms with Gasteiger partial charge in [0.05, 0.1) is 12.8 Å². The largest absolute Gasteiger partial charge is 0.497 e. The molecular weight excluding hydrogens is 526 g/mol. The van der Waals surface area contributed by atoms with Crippen molar-refractivity contribution in [2.45, 2.75) is 49.2 Å². The molecule has 5 N–H and O–H groups in total. The first-order valence-electron chi connectivity index (χ1n) is 12.9. The van der Waals surface area contributed by atoms with Crippen LogP contribution in [0.4, 0.5) is 10.5 Å². The van der Waals surface area contributed by atoms with Gasteiger partial charge in [-0.1, -0.05) is 60.3 Å². The molecule has 1 aliphatic heterocycles. The maximum Gasteiger partial charge on any atom is 0.318 e. The van der Waals surface area contributed by atoms with Crippen molar-refractivity contribution in [1.82, 2.24) is 15.5 Å². The van der Waals surface area contributed by atoms with Crippen LogP contribution in [-0.4, -0.2) is 47.8 Å². The number of nitrogens with two attached hydrogens (primary N) is 1. The molecule has 210 valence electrons. The molecule has 4 amide bonds. The van der Waals surface area contributed by atoms with E-state index >= 15 is 0 Å². The van der Waals surface area contributed by atoms with Gasteiger partial charge in [-0.3, -0.25) is 9.59 Å². The van der Waals surface area contributed by atoms with E-state index in [1.807, 2.05) is 66.7 Å². The molecule has 10 heteroatoms. The zero-order valence-electron chi connectivity index (χ0n) is 23.1. The maximum absolute atomic E-state index is 13.7. The molecular formula is C30H35N5O4S. The first-order chi connectivity index (χ1) is 19.1. The zero-order chi connectivity index (χ0) is 28.9. The number of amides is 4. The highest BCUT2D eigenvalue weighted by atomic mass is 32.2. The molecule has 3 aromatic carbocycles. The second-order valence-corrected chi connectivity index (χ2v) is 11.5. The molecule has 0 aromatic heterocycles. The van der Waals surface area contributed by atoms with Gasteiger partial charge in [-0.25, -0.2) is 4.79 Å². The van der Waals surface area contributed by atoms with E-state index in [0.29, 0.717) is 24.5 Å². The van der Waals surface area contributed by atoms with Gasteiger partial charge in [-0.15, -0.1) is 0 Å². The average Bonchev–Trinajstić information content (AvgIpc) is 3.04. The second-order valence-electron chi connectivity index (χ2n) is 10.3. The molecule has 0 saturated heterocycles. The maximum atomic E-state index is 13.7. The molecule has 0 aliphatic carbocycles. The Morgan fingerprint density at radius 2 is 1.82 bits per heavy atom. The summed E-state index contributed by atoms with van der Waals surface area (Å²) in [5, 5.41) is 7.50. The van der Waals surface area contributed by atoms with Crippen LogP contribution in [0.2, 0.25) is 0 Å². The van der Waals surface area contributed by atoms with Crippen LogP contribution in [0, 0.1) is 0 Å². The van der Waals surface area contributed by atoms with Crippen molar-refractivity contribution in [3.63, 3.8) is 0 Å². The summed E-state index contributed by atoms with van der Waals surface area (Å²) in [5.74, 6) is 0.215. The summed E-state index contributed by atoms with van der Waals surface area (Å²) in [6.07, 6.45) is 0.0972. The van der Waals surface area contributed by atoms with Crippen LogP contribution < -0.4 is 26.4 Å². The number of anilines is 1. The number of urea groups is 1. The number of nitrogens with one attached hydrogen (secondary N) is 3. The van der Waals surface area contributed by atoms with Gasteiger partial charge in [0.15, 0.2) is 5.37 Å². The Kier molecular flexibility index (Phi) is 9.01. The first-order valence-corrected chi connectivity index (χ1v) is 13.8. The highest BCUT2D eigenvalue weighted by Crippen LogP contribution is 2.35. The fraction of sp³-hybridized carbons (Fsp3) is 0.300. The molecule has 4 rings (SSSR count). The number of methoxy groups -OCH3 is 1. The highest BCUT2D eigenvalue weighted by Gasteiger charge is 2.32. The Labute approximate surface area is 238 Å². The van der Waals surface area contributed by atoms with E-state index in [9.17, 15) is 14.4 Å². The van der Waals surface area contributed by atoms with E-state index in [0.717, 1.165) is 27.1 Å². The van der Waals surface area contributed by atoms with Crippen LogP contribution in [-0.2, 0) is 22.7 Å². The van der Waals surface area contributed by atoms with Crippen molar-refractivity contribution in [2.75, 3.05) is 19.5 Å². The van der Waals surface area contributed by atoms with E-state index < -0.39 is 10.9 Å². The third-order valence-corrected chi connectivity index (χ3v) is 7.55.